The molecule has 0 radical (unpaired) electrons. The highest BCUT2D eigenvalue weighted by Gasteiger charge is 2.13. The number of rotatable bonds is 4. The van der Waals surface area contributed by atoms with E-state index in [1.54, 1.807) is 0 Å². The first-order chi connectivity index (χ1) is 4.88. The highest BCUT2D eigenvalue weighted by molar-refractivity contribution is 7.86. The van der Waals surface area contributed by atoms with Crippen LogP contribution in [0.5, 0.6) is 0 Å². The van der Waals surface area contributed by atoms with Crippen molar-refractivity contribution in [1.82, 2.24) is 4.31 Å². The van der Waals surface area contributed by atoms with E-state index in [1.807, 2.05) is 6.92 Å². The zero-order valence-corrected chi connectivity index (χ0v) is 7.63. The van der Waals surface area contributed by atoms with Crippen molar-refractivity contribution in [2.75, 3.05) is 20.1 Å². The molecule has 0 aliphatic heterocycles. The molecular formula is C5H15N3O2S. The average molecular weight is 181 g/mol. The summed E-state index contributed by atoms with van der Waals surface area (Å²) in [5.41, 5.74) is 5.30. The van der Waals surface area contributed by atoms with Crippen molar-refractivity contribution >= 4 is 10.2 Å². The molecule has 0 rings (SSSR count). The highest BCUT2D eigenvalue weighted by Crippen LogP contribution is 1.97. The van der Waals surface area contributed by atoms with E-state index in [0.717, 1.165) is 4.31 Å². The zero-order chi connectivity index (χ0) is 9.07. The van der Waals surface area contributed by atoms with Gasteiger partial charge in [0.15, 0.2) is 0 Å². The van der Waals surface area contributed by atoms with Crippen LogP contribution in [0.15, 0.2) is 0 Å². The molecule has 11 heavy (non-hydrogen) atoms. The lowest BCUT2D eigenvalue weighted by atomic mass is 10.2. The molecule has 0 aromatic carbocycles. The van der Waals surface area contributed by atoms with E-state index < -0.39 is 10.2 Å². The summed E-state index contributed by atoms with van der Waals surface area (Å²) in [6.07, 6.45) is 0. The van der Waals surface area contributed by atoms with Crippen LogP contribution < -0.4 is 10.9 Å². The molecule has 0 spiro atoms. The van der Waals surface area contributed by atoms with E-state index in [1.165, 1.54) is 7.05 Å². The normalized spacial score (nSPS) is 15.4. The molecule has 4 N–H and O–H groups in total. The second kappa shape index (κ2) is 4.01. The summed E-state index contributed by atoms with van der Waals surface area (Å²) in [7, 11) is -2.10. The fraction of sp³-hybridized carbons (Fsp3) is 1.00. The van der Waals surface area contributed by atoms with E-state index in [9.17, 15) is 8.42 Å². The molecule has 0 aliphatic rings. The minimum absolute atomic E-state index is 0.137. The van der Waals surface area contributed by atoms with Crippen LogP contribution in [0.1, 0.15) is 6.92 Å². The third kappa shape index (κ3) is 4.31. The van der Waals surface area contributed by atoms with Crippen molar-refractivity contribution in [3.63, 3.8) is 0 Å². The van der Waals surface area contributed by atoms with Crippen molar-refractivity contribution in [3.8, 4) is 0 Å². The maximum absolute atomic E-state index is 10.6. The van der Waals surface area contributed by atoms with Gasteiger partial charge in [-0.15, -0.1) is 0 Å². The Morgan fingerprint density at radius 1 is 1.55 bits per heavy atom. The average Bonchev–Trinajstić information content (AvgIpc) is 1.85. The summed E-state index contributed by atoms with van der Waals surface area (Å²) in [6.45, 7) is 2.69. The van der Waals surface area contributed by atoms with Crippen molar-refractivity contribution < 1.29 is 8.42 Å². The van der Waals surface area contributed by atoms with Crippen molar-refractivity contribution in [1.29, 1.82) is 0 Å². The lowest BCUT2D eigenvalue weighted by Gasteiger charge is -2.16. The fourth-order valence-corrected chi connectivity index (χ4v) is 1.08. The van der Waals surface area contributed by atoms with Crippen molar-refractivity contribution in [2.24, 2.45) is 16.8 Å². The van der Waals surface area contributed by atoms with E-state index in [-0.39, 0.29) is 5.92 Å². The lowest BCUT2D eigenvalue weighted by molar-refractivity contribution is 0.405. The number of hydrogen-bond acceptors (Lipinski definition) is 3. The Labute approximate surface area is 67.5 Å². The molecule has 0 aliphatic carbocycles. The quantitative estimate of drug-likeness (QED) is 0.566. The molecule has 1 unspecified atom stereocenters. The van der Waals surface area contributed by atoms with Crippen LogP contribution in [-0.4, -0.2) is 32.9 Å². The van der Waals surface area contributed by atoms with Gasteiger partial charge < -0.3 is 5.73 Å². The first-order valence-corrected chi connectivity index (χ1v) is 4.82. The molecule has 0 fully saturated rings. The van der Waals surface area contributed by atoms with Gasteiger partial charge in [0.2, 0.25) is 0 Å². The molecule has 6 heteroatoms. The molecule has 0 bridgehead atoms. The second-order valence-corrected chi connectivity index (χ2v) is 4.32. The smallest absolute Gasteiger partial charge is 0.276 e. The van der Waals surface area contributed by atoms with Crippen LogP contribution in [0, 0.1) is 5.92 Å². The molecule has 0 heterocycles. The van der Waals surface area contributed by atoms with Crippen molar-refractivity contribution in [3.05, 3.63) is 0 Å². The topological polar surface area (TPSA) is 89.4 Å². The van der Waals surface area contributed by atoms with Crippen molar-refractivity contribution in [2.45, 2.75) is 6.92 Å². The summed E-state index contributed by atoms with van der Waals surface area (Å²) < 4.78 is 22.4. The number of nitrogens with zero attached hydrogens (tertiary/aromatic N) is 1. The van der Waals surface area contributed by atoms with Gasteiger partial charge in [0.25, 0.3) is 10.2 Å². The molecule has 0 aromatic rings. The summed E-state index contributed by atoms with van der Waals surface area (Å²) in [5, 5.41) is 4.84. The molecule has 5 nitrogen and oxygen atoms in total. The number of nitrogens with two attached hydrogens (primary N) is 2. The van der Waals surface area contributed by atoms with Gasteiger partial charge in [0.1, 0.15) is 0 Å². The van der Waals surface area contributed by atoms with Crippen LogP contribution in [0.4, 0.5) is 0 Å². The third-order valence-electron chi connectivity index (χ3n) is 1.41. The molecule has 0 aromatic heterocycles. The minimum Gasteiger partial charge on any atom is -0.330 e. The summed E-state index contributed by atoms with van der Waals surface area (Å²) >= 11 is 0. The van der Waals surface area contributed by atoms with Crippen LogP contribution in [-0.2, 0) is 10.2 Å². The van der Waals surface area contributed by atoms with Gasteiger partial charge in [0.05, 0.1) is 0 Å². The van der Waals surface area contributed by atoms with Gasteiger partial charge in [-0.1, -0.05) is 6.92 Å². The molecule has 0 saturated heterocycles. The Morgan fingerprint density at radius 2 is 2.00 bits per heavy atom. The largest absolute Gasteiger partial charge is 0.330 e. The third-order valence-corrected chi connectivity index (χ3v) is 2.42. The van der Waals surface area contributed by atoms with Gasteiger partial charge in [-0.2, -0.15) is 12.7 Å². The first kappa shape index (κ1) is 10.8. The van der Waals surface area contributed by atoms with Gasteiger partial charge in [-0.05, 0) is 12.5 Å². The predicted octanol–water partition coefficient (Wildman–Crippen LogP) is -1.28. The van der Waals surface area contributed by atoms with Crippen LogP contribution >= 0.6 is 0 Å². The molecular weight excluding hydrogens is 166 g/mol. The Morgan fingerprint density at radius 3 is 2.27 bits per heavy atom. The van der Waals surface area contributed by atoms with Gasteiger partial charge in [-0.25, -0.2) is 5.14 Å². The maximum Gasteiger partial charge on any atom is 0.276 e. The summed E-state index contributed by atoms with van der Waals surface area (Å²) in [6, 6.07) is 0. The van der Waals surface area contributed by atoms with Gasteiger partial charge in [0, 0.05) is 13.6 Å². The van der Waals surface area contributed by atoms with Gasteiger partial charge >= 0.3 is 0 Å². The van der Waals surface area contributed by atoms with Crippen LogP contribution in [0.25, 0.3) is 0 Å². The minimum atomic E-state index is -3.53. The fourth-order valence-electron chi connectivity index (χ4n) is 0.617. The zero-order valence-electron chi connectivity index (χ0n) is 6.82. The van der Waals surface area contributed by atoms with Crippen LogP contribution in [0.3, 0.4) is 0 Å². The van der Waals surface area contributed by atoms with E-state index in [0.29, 0.717) is 13.1 Å². The molecule has 0 amide bonds. The van der Waals surface area contributed by atoms with E-state index in [4.69, 9.17) is 10.9 Å². The Hall–Kier alpha value is -0.170. The SMILES string of the molecule is CC(CN)CN(C)S(N)(=O)=O. The Balaban J connectivity index is 3.98. The Bertz CT molecular complexity index is 202. The standard InChI is InChI=1S/C5H15N3O2S/c1-5(3-6)4-8(2)11(7,9)10/h5H,3-4,6H2,1-2H3,(H2,7,9,10). The number of hydrogen-bond donors (Lipinski definition) is 2. The molecule has 68 valence electrons. The second-order valence-electron chi connectivity index (χ2n) is 2.67. The van der Waals surface area contributed by atoms with E-state index >= 15 is 0 Å². The summed E-state index contributed by atoms with van der Waals surface area (Å²) in [5.74, 6) is 0.137. The monoisotopic (exact) mass is 181 g/mol. The maximum atomic E-state index is 10.6. The van der Waals surface area contributed by atoms with Crippen LogP contribution in [0.2, 0.25) is 0 Å². The Kier molecular flexibility index (Phi) is 3.95. The predicted molar refractivity (Wildman–Crippen MR) is 44.0 cm³/mol. The van der Waals surface area contributed by atoms with Gasteiger partial charge in [-0.3, -0.25) is 0 Å². The molecule has 1 atom stereocenters. The summed E-state index contributed by atoms with van der Waals surface area (Å²) in [4.78, 5) is 0. The first-order valence-electron chi connectivity index (χ1n) is 3.32. The molecule has 0 saturated carbocycles. The lowest BCUT2D eigenvalue weighted by Crippen LogP contribution is -2.37. The van der Waals surface area contributed by atoms with E-state index in [2.05, 4.69) is 0 Å². The highest BCUT2D eigenvalue weighted by atomic mass is 32.2.